The van der Waals surface area contributed by atoms with Gasteiger partial charge in [0.15, 0.2) is 0 Å². The van der Waals surface area contributed by atoms with Crippen molar-refractivity contribution >= 4 is 0 Å². The van der Waals surface area contributed by atoms with E-state index in [1.54, 1.807) is 0 Å². The lowest BCUT2D eigenvalue weighted by Gasteiger charge is -2.40. The van der Waals surface area contributed by atoms with Crippen LogP contribution in [0.5, 0.6) is 0 Å². The summed E-state index contributed by atoms with van der Waals surface area (Å²) in [5.74, 6) is 0.925. The highest BCUT2D eigenvalue weighted by molar-refractivity contribution is 4.83. The molecular formula is C14H28N2. The summed E-state index contributed by atoms with van der Waals surface area (Å²) < 4.78 is 0. The van der Waals surface area contributed by atoms with Gasteiger partial charge in [-0.3, -0.25) is 0 Å². The largest absolute Gasteiger partial charge is 0.328 e. The van der Waals surface area contributed by atoms with E-state index in [1.165, 1.54) is 58.2 Å². The van der Waals surface area contributed by atoms with Gasteiger partial charge in [-0.15, -0.1) is 0 Å². The van der Waals surface area contributed by atoms with Crippen LogP contribution in [-0.4, -0.2) is 30.6 Å². The second-order valence-electron chi connectivity index (χ2n) is 6.78. The van der Waals surface area contributed by atoms with Crippen LogP contribution in [0.15, 0.2) is 0 Å². The van der Waals surface area contributed by atoms with Gasteiger partial charge in [0, 0.05) is 19.1 Å². The molecule has 94 valence electrons. The zero-order chi connectivity index (χ0) is 11.6. The average Bonchev–Trinajstić information content (AvgIpc) is 2.20. The lowest BCUT2D eigenvalue weighted by atomic mass is 9.82. The molecule has 0 radical (unpaired) electrons. The number of likely N-dealkylation sites (tertiary alicyclic amines) is 1. The predicted molar refractivity (Wildman–Crippen MR) is 69.4 cm³/mol. The summed E-state index contributed by atoms with van der Waals surface area (Å²) in [5.41, 5.74) is 6.50. The van der Waals surface area contributed by atoms with E-state index in [0.29, 0.717) is 11.5 Å². The minimum atomic E-state index is 0.494. The van der Waals surface area contributed by atoms with Crippen molar-refractivity contribution in [3.8, 4) is 0 Å². The zero-order valence-corrected chi connectivity index (χ0v) is 11.0. The van der Waals surface area contributed by atoms with Crippen molar-refractivity contribution in [2.24, 2.45) is 17.1 Å². The number of rotatable bonds is 2. The number of nitrogens with two attached hydrogens (primary N) is 1. The molecule has 0 aromatic rings. The smallest absolute Gasteiger partial charge is 0.00390 e. The van der Waals surface area contributed by atoms with E-state index in [1.807, 2.05) is 0 Å². The number of hydrogen-bond donors (Lipinski definition) is 1. The van der Waals surface area contributed by atoms with Gasteiger partial charge in [0.25, 0.3) is 0 Å². The quantitative estimate of drug-likeness (QED) is 0.781. The van der Waals surface area contributed by atoms with Gasteiger partial charge in [-0.2, -0.15) is 0 Å². The Balaban J connectivity index is 1.76. The highest BCUT2D eigenvalue weighted by Crippen LogP contribution is 2.31. The molecular weight excluding hydrogens is 196 g/mol. The standard InChI is InChI=1S/C14H28N2/c1-14(2)8-3-9-16(11-14)10-12-4-6-13(15)7-5-12/h12-13H,3-11,15H2,1-2H3. The lowest BCUT2D eigenvalue weighted by molar-refractivity contribution is 0.0926. The van der Waals surface area contributed by atoms with Crippen molar-refractivity contribution in [1.82, 2.24) is 4.90 Å². The Morgan fingerprint density at radius 2 is 1.88 bits per heavy atom. The molecule has 0 spiro atoms. The van der Waals surface area contributed by atoms with Gasteiger partial charge >= 0.3 is 0 Å². The summed E-state index contributed by atoms with van der Waals surface area (Å²) in [4.78, 5) is 2.70. The normalized spacial score (nSPS) is 36.2. The first-order valence-electron chi connectivity index (χ1n) is 7.03. The molecule has 2 aliphatic rings. The Morgan fingerprint density at radius 3 is 2.50 bits per heavy atom. The van der Waals surface area contributed by atoms with E-state index in [-0.39, 0.29) is 0 Å². The summed E-state index contributed by atoms with van der Waals surface area (Å²) in [6, 6.07) is 0.494. The van der Waals surface area contributed by atoms with Gasteiger partial charge in [-0.1, -0.05) is 13.8 Å². The Morgan fingerprint density at radius 1 is 1.19 bits per heavy atom. The molecule has 16 heavy (non-hydrogen) atoms. The van der Waals surface area contributed by atoms with Crippen LogP contribution in [0.25, 0.3) is 0 Å². The molecule has 1 saturated heterocycles. The van der Waals surface area contributed by atoms with Crippen LogP contribution in [0.3, 0.4) is 0 Å². The summed E-state index contributed by atoms with van der Waals surface area (Å²) in [6.45, 7) is 8.78. The molecule has 2 fully saturated rings. The van der Waals surface area contributed by atoms with Crippen molar-refractivity contribution in [2.45, 2.75) is 58.4 Å². The van der Waals surface area contributed by atoms with E-state index >= 15 is 0 Å². The second-order valence-corrected chi connectivity index (χ2v) is 6.78. The van der Waals surface area contributed by atoms with Gasteiger partial charge < -0.3 is 10.6 Å². The van der Waals surface area contributed by atoms with Gasteiger partial charge in [0.2, 0.25) is 0 Å². The molecule has 2 heteroatoms. The maximum Gasteiger partial charge on any atom is 0.00390 e. The highest BCUT2D eigenvalue weighted by Gasteiger charge is 2.28. The fraction of sp³-hybridized carbons (Fsp3) is 1.00. The molecule has 2 nitrogen and oxygen atoms in total. The molecule has 0 unspecified atom stereocenters. The molecule has 1 aliphatic carbocycles. The molecule has 1 heterocycles. The number of piperidine rings is 1. The highest BCUT2D eigenvalue weighted by atomic mass is 15.1. The van der Waals surface area contributed by atoms with Crippen LogP contribution in [-0.2, 0) is 0 Å². The predicted octanol–water partition coefficient (Wildman–Crippen LogP) is 2.63. The maximum absolute atomic E-state index is 5.96. The Labute approximate surface area is 101 Å². The summed E-state index contributed by atoms with van der Waals surface area (Å²) in [6.07, 6.45) is 8.01. The van der Waals surface area contributed by atoms with E-state index in [2.05, 4.69) is 18.7 Å². The Kier molecular flexibility index (Phi) is 3.91. The van der Waals surface area contributed by atoms with Crippen LogP contribution >= 0.6 is 0 Å². The molecule has 2 N–H and O–H groups in total. The minimum Gasteiger partial charge on any atom is -0.328 e. The molecule has 0 atom stereocenters. The van der Waals surface area contributed by atoms with Crippen LogP contribution in [0.2, 0.25) is 0 Å². The van der Waals surface area contributed by atoms with Gasteiger partial charge in [0.1, 0.15) is 0 Å². The van der Waals surface area contributed by atoms with Gasteiger partial charge in [-0.25, -0.2) is 0 Å². The molecule has 0 aromatic carbocycles. The fourth-order valence-electron chi connectivity index (χ4n) is 3.44. The first-order valence-corrected chi connectivity index (χ1v) is 7.03. The molecule has 0 amide bonds. The maximum atomic E-state index is 5.96. The lowest BCUT2D eigenvalue weighted by Crippen LogP contribution is -2.43. The van der Waals surface area contributed by atoms with E-state index in [4.69, 9.17) is 5.73 Å². The van der Waals surface area contributed by atoms with Crippen LogP contribution in [0, 0.1) is 11.3 Å². The molecule has 2 rings (SSSR count). The third-order valence-corrected chi connectivity index (χ3v) is 4.39. The second kappa shape index (κ2) is 5.05. The molecule has 1 saturated carbocycles. The Hall–Kier alpha value is -0.0800. The molecule has 0 bridgehead atoms. The third kappa shape index (κ3) is 3.46. The SMILES string of the molecule is CC1(C)CCCN(CC2CCC(N)CC2)C1. The summed E-state index contributed by atoms with van der Waals surface area (Å²) in [5, 5.41) is 0. The van der Waals surface area contributed by atoms with E-state index in [9.17, 15) is 0 Å². The topological polar surface area (TPSA) is 29.3 Å². The molecule has 0 aromatic heterocycles. The average molecular weight is 224 g/mol. The van der Waals surface area contributed by atoms with Crippen LogP contribution < -0.4 is 5.73 Å². The number of nitrogens with zero attached hydrogens (tertiary/aromatic N) is 1. The van der Waals surface area contributed by atoms with Crippen molar-refractivity contribution in [3.63, 3.8) is 0 Å². The van der Waals surface area contributed by atoms with Gasteiger partial charge in [0.05, 0.1) is 0 Å². The van der Waals surface area contributed by atoms with Gasteiger partial charge in [-0.05, 0) is 56.4 Å². The third-order valence-electron chi connectivity index (χ3n) is 4.39. The van der Waals surface area contributed by atoms with E-state index < -0.39 is 0 Å². The Bertz CT molecular complexity index is 217. The molecule has 1 aliphatic heterocycles. The van der Waals surface area contributed by atoms with Crippen LogP contribution in [0.4, 0.5) is 0 Å². The van der Waals surface area contributed by atoms with Crippen molar-refractivity contribution < 1.29 is 0 Å². The van der Waals surface area contributed by atoms with E-state index in [0.717, 1.165) is 5.92 Å². The summed E-state index contributed by atoms with van der Waals surface area (Å²) >= 11 is 0. The van der Waals surface area contributed by atoms with Crippen LogP contribution in [0.1, 0.15) is 52.4 Å². The first-order chi connectivity index (χ1) is 7.55. The van der Waals surface area contributed by atoms with Crippen molar-refractivity contribution in [2.75, 3.05) is 19.6 Å². The zero-order valence-electron chi connectivity index (χ0n) is 11.0. The van der Waals surface area contributed by atoms with Crippen molar-refractivity contribution in [1.29, 1.82) is 0 Å². The summed E-state index contributed by atoms with van der Waals surface area (Å²) in [7, 11) is 0. The monoisotopic (exact) mass is 224 g/mol. The number of hydrogen-bond acceptors (Lipinski definition) is 2. The van der Waals surface area contributed by atoms with Crippen molar-refractivity contribution in [3.05, 3.63) is 0 Å². The fourth-order valence-corrected chi connectivity index (χ4v) is 3.44. The minimum absolute atomic E-state index is 0.494. The first kappa shape index (κ1) is 12.4.